The Morgan fingerprint density at radius 3 is 2.32 bits per heavy atom. The first-order valence-corrected chi connectivity index (χ1v) is 10.2. The Morgan fingerprint density at radius 2 is 1.71 bits per heavy atom. The van der Waals surface area contributed by atoms with Crippen molar-refractivity contribution in [2.45, 2.75) is 45.6 Å². The molecule has 0 unspecified atom stereocenters. The summed E-state index contributed by atoms with van der Waals surface area (Å²) in [5.41, 5.74) is 0.518. The van der Waals surface area contributed by atoms with Crippen molar-refractivity contribution in [2.75, 3.05) is 13.2 Å². The van der Waals surface area contributed by atoms with Gasteiger partial charge in [0.2, 0.25) is 0 Å². The molecule has 0 radical (unpaired) electrons. The summed E-state index contributed by atoms with van der Waals surface area (Å²) in [6, 6.07) is 2.65. The van der Waals surface area contributed by atoms with Crippen LogP contribution in [0.3, 0.4) is 0 Å². The van der Waals surface area contributed by atoms with E-state index in [1.807, 2.05) is 13.8 Å². The summed E-state index contributed by atoms with van der Waals surface area (Å²) in [7, 11) is 0. The van der Waals surface area contributed by atoms with E-state index < -0.39 is 17.8 Å². The quantitative estimate of drug-likeness (QED) is 0.527. The van der Waals surface area contributed by atoms with Gasteiger partial charge in [-0.2, -0.15) is 0 Å². The molecule has 1 aliphatic carbocycles. The molecule has 1 N–H and O–H groups in total. The molecule has 1 saturated heterocycles. The number of imide groups is 2. The Labute approximate surface area is 172 Å². The van der Waals surface area contributed by atoms with Crippen molar-refractivity contribution in [2.24, 2.45) is 0 Å². The van der Waals surface area contributed by atoms with Crippen molar-refractivity contribution in [3.8, 4) is 11.5 Å². The van der Waals surface area contributed by atoms with Crippen LogP contribution in [0.5, 0.6) is 11.5 Å². The molecule has 0 spiro atoms. The fourth-order valence-electron chi connectivity index (χ4n) is 3.52. The Kier molecular flexibility index (Phi) is 6.39. The van der Waals surface area contributed by atoms with E-state index in [0.29, 0.717) is 34.7 Å². The summed E-state index contributed by atoms with van der Waals surface area (Å²) in [6.07, 6.45) is 4.95. The van der Waals surface area contributed by atoms with E-state index in [1.54, 1.807) is 12.1 Å². The molecule has 0 aromatic heterocycles. The van der Waals surface area contributed by atoms with Crippen LogP contribution in [0.25, 0.3) is 6.08 Å². The van der Waals surface area contributed by atoms with Crippen LogP contribution in [0.2, 0.25) is 0 Å². The normalized spacial score (nSPS) is 19.3. The van der Waals surface area contributed by atoms with Crippen molar-refractivity contribution in [3.05, 3.63) is 27.7 Å². The summed E-state index contributed by atoms with van der Waals surface area (Å²) >= 11 is 3.46. The van der Waals surface area contributed by atoms with Crippen LogP contribution in [0, 0.1) is 0 Å². The van der Waals surface area contributed by atoms with Crippen LogP contribution >= 0.6 is 15.9 Å². The highest BCUT2D eigenvalue weighted by atomic mass is 79.9. The second kappa shape index (κ2) is 8.77. The van der Waals surface area contributed by atoms with Gasteiger partial charge in [-0.15, -0.1) is 0 Å². The smallest absolute Gasteiger partial charge is 0.331 e. The number of nitrogens with one attached hydrogen (secondary N) is 1. The minimum Gasteiger partial charge on any atom is -0.490 e. The molecule has 2 aliphatic rings. The number of barbiturate groups is 1. The fraction of sp³-hybridized carbons (Fsp3) is 0.450. The molecule has 150 valence electrons. The maximum Gasteiger partial charge on any atom is 0.331 e. The summed E-state index contributed by atoms with van der Waals surface area (Å²) < 4.78 is 11.9. The minimum atomic E-state index is -0.692. The molecule has 1 heterocycles. The van der Waals surface area contributed by atoms with Crippen LogP contribution in [0.4, 0.5) is 4.79 Å². The molecule has 1 aromatic carbocycles. The van der Waals surface area contributed by atoms with E-state index in [-0.39, 0.29) is 11.6 Å². The molecule has 0 bridgehead atoms. The maximum absolute atomic E-state index is 12.9. The monoisotopic (exact) mass is 450 g/mol. The molecular formula is C20H23BrN2O5. The first kappa shape index (κ1) is 20.4. The second-order valence-electron chi connectivity index (χ2n) is 6.62. The molecule has 4 amide bonds. The number of urea groups is 1. The van der Waals surface area contributed by atoms with Gasteiger partial charge in [0.25, 0.3) is 11.8 Å². The van der Waals surface area contributed by atoms with Gasteiger partial charge in [-0.1, -0.05) is 28.8 Å². The van der Waals surface area contributed by atoms with Crippen LogP contribution in [-0.2, 0) is 9.59 Å². The highest BCUT2D eigenvalue weighted by Gasteiger charge is 2.40. The van der Waals surface area contributed by atoms with E-state index >= 15 is 0 Å². The summed E-state index contributed by atoms with van der Waals surface area (Å²) in [6.45, 7) is 4.66. The molecular weight excluding hydrogens is 428 g/mol. The Hall–Kier alpha value is -2.35. The highest BCUT2D eigenvalue weighted by molar-refractivity contribution is 9.10. The molecule has 7 nitrogen and oxygen atoms in total. The lowest BCUT2D eigenvalue weighted by Gasteiger charge is -2.31. The van der Waals surface area contributed by atoms with Gasteiger partial charge in [0.15, 0.2) is 11.5 Å². The van der Waals surface area contributed by atoms with E-state index in [0.717, 1.165) is 25.7 Å². The largest absolute Gasteiger partial charge is 0.490 e. The Bertz CT molecular complexity index is 830. The standard InChI is InChI=1S/C20H23BrN2O5/c1-3-27-16-10-12(15(21)11-17(16)28-4-2)9-14-18(24)22-20(26)23(19(14)25)13-7-5-6-8-13/h9-11,13H,3-8H2,1-2H3,(H,22,24,26)/b14-9+. The highest BCUT2D eigenvalue weighted by Crippen LogP contribution is 2.35. The SMILES string of the molecule is CCOc1cc(Br)c(/C=C2\C(=O)NC(=O)N(C3CCCC3)C2=O)cc1OCC. The predicted octanol–water partition coefficient (Wildman–Crippen LogP) is 3.65. The molecule has 0 atom stereocenters. The summed E-state index contributed by atoms with van der Waals surface area (Å²) in [4.78, 5) is 38.7. The number of carbonyl (C=O) groups excluding carboxylic acids is 3. The Balaban J connectivity index is 1.98. The minimum absolute atomic E-state index is 0.0705. The first-order valence-electron chi connectivity index (χ1n) is 9.46. The number of halogens is 1. The number of carbonyl (C=O) groups is 3. The van der Waals surface area contributed by atoms with Crippen molar-refractivity contribution >= 4 is 39.9 Å². The van der Waals surface area contributed by atoms with Gasteiger partial charge in [-0.05, 0) is 50.5 Å². The second-order valence-corrected chi connectivity index (χ2v) is 7.47. The number of hydrogen-bond acceptors (Lipinski definition) is 5. The van der Waals surface area contributed by atoms with Crippen molar-refractivity contribution in [1.82, 2.24) is 10.2 Å². The molecule has 1 aromatic rings. The first-order chi connectivity index (χ1) is 13.5. The van der Waals surface area contributed by atoms with Gasteiger partial charge in [0.05, 0.1) is 13.2 Å². The number of ether oxygens (including phenoxy) is 2. The number of benzene rings is 1. The van der Waals surface area contributed by atoms with E-state index in [1.165, 1.54) is 11.0 Å². The van der Waals surface area contributed by atoms with E-state index in [9.17, 15) is 14.4 Å². The maximum atomic E-state index is 12.9. The molecule has 8 heteroatoms. The van der Waals surface area contributed by atoms with Gasteiger partial charge in [0, 0.05) is 10.5 Å². The van der Waals surface area contributed by atoms with Crippen LogP contribution < -0.4 is 14.8 Å². The Morgan fingerprint density at radius 1 is 1.11 bits per heavy atom. The summed E-state index contributed by atoms with van der Waals surface area (Å²) in [5.74, 6) is -0.158. The molecule has 28 heavy (non-hydrogen) atoms. The lowest BCUT2D eigenvalue weighted by atomic mass is 10.0. The lowest BCUT2D eigenvalue weighted by Crippen LogP contribution is -2.57. The third-order valence-corrected chi connectivity index (χ3v) is 5.47. The summed E-state index contributed by atoms with van der Waals surface area (Å²) in [5, 5.41) is 2.29. The van der Waals surface area contributed by atoms with Crippen molar-refractivity contribution < 1.29 is 23.9 Å². The number of rotatable bonds is 6. The van der Waals surface area contributed by atoms with Crippen molar-refractivity contribution in [3.63, 3.8) is 0 Å². The van der Waals surface area contributed by atoms with Gasteiger partial charge >= 0.3 is 6.03 Å². The third-order valence-electron chi connectivity index (χ3n) is 4.79. The number of nitrogens with zero attached hydrogens (tertiary/aromatic N) is 1. The van der Waals surface area contributed by atoms with Gasteiger partial charge in [-0.25, -0.2) is 4.79 Å². The third kappa shape index (κ3) is 4.06. The zero-order chi connectivity index (χ0) is 20.3. The lowest BCUT2D eigenvalue weighted by molar-refractivity contribution is -0.131. The van der Waals surface area contributed by atoms with E-state index in [4.69, 9.17) is 9.47 Å². The molecule has 3 rings (SSSR count). The fourth-order valence-corrected chi connectivity index (χ4v) is 3.96. The van der Waals surface area contributed by atoms with Crippen LogP contribution in [0.1, 0.15) is 45.1 Å². The van der Waals surface area contributed by atoms with Gasteiger partial charge < -0.3 is 9.47 Å². The number of amides is 4. The number of hydrogen-bond donors (Lipinski definition) is 1. The predicted molar refractivity (Wildman–Crippen MR) is 107 cm³/mol. The zero-order valence-corrected chi connectivity index (χ0v) is 17.5. The topological polar surface area (TPSA) is 84.9 Å². The van der Waals surface area contributed by atoms with E-state index in [2.05, 4.69) is 21.2 Å². The zero-order valence-electron chi connectivity index (χ0n) is 15.9. The molecule has 1 aliphatic heterocycles. The average molecular weight is 451 g/mol. The van der Waals surface area contributed by atoms with Gasteiger partial charge in [0.1, 0.15) is 5.57 Å². The van der Waals surface area contributed by atoms with Crippen LogP contribution in [-0.4, -0.2) is 42.0 Å². The molecule has 2 fully saturated rings. The average Bonchev–Trinajstić information content (AvgIpc) is 3.16. The van der Waals surface area contributed by atoms with Gasteiger partial charge in [-0.3, -0.25) is 19.8 Å². The van der Waals surface area contributed by atoms with Crippen molar-refractivity contribution in [1.29, 1.82) is 0 Å². The van der Waals surface area contributed by atoms with Crippen LogP contribution in [0.15, 0.2) is 22.2 Å². The molecule has 1 saturated carbocycles.